The summed E-state index contributed by atoms with van der Waals surface area (Å²) < 4.78 is 5.33. The monoisotopic (exact) mass is 398 g/mol. The Labute approximate surface area is 168 Å². The van der Waals surface area contributed by atoms with E-state index in [9.17, 15) is 19.7 Å². The summed E-state index contributed by atoms with van der Waals surface area (Å²) in [6.07, 6.45) is 0. The van der Waals surface area contributed by atoms with E-state index in [0.717, 1.165) is 13.1 Å². The van der Waals surface area contributed by atoms with Gasteiger partial charge in [0.15, 0.2) is 6.61 Å². The van der Waals surface area contributed by atoms with Crippen LogP contribution >= 0.6 is 0 Å². The molecule has 0 spiro atoms. The summed E-state index contributed by atoms with van der Waals surface area (Å²) in [6.45, 7) is 2.88. The Hall–Kier alpha value is -3.46. The second-order valence-electron chi connectivity index (χ2n) is 6.76. The molecule has 0 atom stereocenters. The van der Waals surface area contributed by atoms with Crippen LogP contribution in [-0.4, -0.2) is 66.4 Å². The maximum atomic E-state index is 12.5. The van der Waals surface area contributed by atoms with Gasteiger partial charge >= 0.3 is 0 Å². The van der Waals surface area contributed by atoms with Crippen molar-refractivity contribution < 1.29 is 19.2 Å². The van der Waals surface area contributed by atoms with Gasteiger partial charge in [0, 0.05) is 49.6 Å². The quantitative estimate of drug-likeness (QED) is 0.589. The third-order valence-corrected chi connectivity index (χ3v) is 4.62. The molecule has 0 aliphatic carbocycles. The van der Waals surface area contributed by atoms with Crippen LogP contribution in [0.4, 0.5) is 11.4 Å². The fraction of sp³-hybridized carbons (Fsp3) is 0.300. The summed E-state index contributed by atoms with van der Waals surface area (Å²) >= 11 is 0. The minimum Gasteiger partial charge on any atom is -0.484 e. The van der Waals surface area contributed by atoms with E-state index in [1.54, 1.807) is 24.3 Å². The lowest BCUT2D eigenvalue weighted by molar-refractivity contribution is -0.384. The second-order valence-corrected chi connectivity index (χ2v) is 6.76. The van der Waals surface area contributed by atoms with Gasteiger partial charge in [-0.15, -0.1) is 0 Å². The Morgan fingerprint density at radius 1 is 1.03 bits per heavy atom. The van der Waals surface area contributed by atoms with Crippen LogP contribution in [0.1, 0.15) is 10.4 Å². The van der Waals surface area contributed by atoms with Gasteiger partial charge in [0.25, 0.3) is 17.5 Å². The molecule has 1 saturated heterocycles. The van der Waals surface area contributed by atoms with Gasteiger partial charge in [0.2, 0.25) is 0 Å². The van der Waals surface area contributed by atoms with Gasteiger partial charge in [-0.05, 0) is 43.4 Å². The van der Waals surface area contributed by atoms with Crippen molar-refractivity contribution in [1.29, 1.82) is 0 Å². The number of nitro benzene ring substituents is 1. The zero-order valence-electron chi connectivity index (χ0n) is 16.0. The number of carbonyl (C=O) groups excluding carboxylic acids is 2. The average Bonchev–Trinajstić information content (AvgIpc) is 2.73. The Morgan fingerprint density at radius 3 is 2.24 bits per heavy atom. The first-order valence-electron chi connectivity index (χ1n) is 9.17. The number of nitrogens with zero attached hydrogens (tertiary/aromatic N) is 3. The van der Waals surface area contributed by atoms with Gasteiger partial charge in [-0.25, -0.2) is 0 Å². The number of ether oxygens (including phenoxy) is 1. The minimum absolute atomic E-state index is 0.0162. The van der Waals surface area contributed by atoms with E-state index >= 15 is 0 Å². The highest BCUT2D eigenvalue weighted by Gasteiger charge is 2.20. The van der Waals surface area contributed by atoms with Crippen LogP contribution in [-0.2, 0) is 4.79 Å². The number of piperazine rings is 1. The summed E-state index contributed by atoms with van der Waals surface area (Å²) in [5.41, 5.74) is 1.08. The summed E-state index contributed by atoms with van der Waals surface area (Å²) in [5, 5.41) is 13.3. The molecule has 2 amide bonds. The van der Waals surface area contributed by atoms with Crippen molar-refractivity contribution in [3.8, 4) is 5.75 Å². The molecule has 0 radical (unpaired) electrons. The summed E-state index contributed by atoms with van der Waals surface area (Å²) in [6, 6.07) is 12.2. The zero-order chi connectivity index (χ0) is 20.8. The number of non-ortho nitro benzene ring substituents is 1. The minimum atomic E-state index is -0.505. The number of anilines is 1. The van der Waals surface area contributed by atoms with Gasteiger partial charge in [0.05, 0.1) is 4.92 Å². The molecule has 1 aliphatic heterocycles. The summed E-state index contributed by atoms with van der Waals surface area (Å²) in [5.74, 6) is -0.0298. The van der Waals surface area contributed by atoms with Crippen molar-refractivity contribution in [3.05, 3.63) is 64.2 Å². The molecule has 0 bridgehead atoms. The van der Waals surface area contributed by atoms with Gasteiger partial charge in [-0.3, -0.25) is 19.7 Å². The molecule has 1 fully saturated rings. The van der Waals surface area contributed by atoms with Gasteiger partial charge in [-0.1, -0.05) is 0 Å². The third kappa shape index (κ3) is 5.52. The highest BCUT2D eigenvalue weighted by atomic mass is 16.6. The summed E-state index contributed by atoms with van der Waals surface area (Å²) in [4.78, 5) is 38.7. The molecule has 0 unspecified atom stereocenters. The predicted octanol–water partition coefficient (Wildman–Crippen LogP) is 2.00. The molecular weight excluding hydrogens is 376 g/mol. The standard InChI is InChI=1S/C20H22N4O5/c1-22-10-12-23(13-11-22)20(26)15-2-4-16(5-3-15)21-19(25)14-29-18-8-6-17(7-9-18)24(27)28/h2-9H,10-14H2,1H3,(H,21,25). The number of likely N-dealkylation sites (N-methyl/N-ethyl adjacent to an activating group) is 1. The van der Waals surface area contributed by atoms with Crippen molar-refractivity contribution in [2.75, 3.05) is 45.2 Å². The molecule has 2 aromatic rings. The van der Waals surface area contributed by atoms with E-state index in [1.807, 2.05) is 11.9 Å². The molecular formula is C20H22N4O5. The Bertz CT molecular complexity index is 875. The van der Waals surface area contributed by atoms with Crippen LogP contribution in [0.2, 0.25) is 0 Å². The van der Waals surface area contributed by atoms with Gasteiger partial charge in [-0.2, -0.15) is 0 Å². The molecule has 1 heterocycles. The number of amides is 2. The van der Waals surface area contributed by atoms with Crippen molar-refractivity contribution in [1.82, 2.24) is 9.80 Å². The first-order chi connectivity index (χ1) is 13.9. The van der Waals surface area contributed by atoms with Crippen LogP contribution in [0.3, 0.4) is 0 Å². The zero-order valence-corrected chi connectivity index (χ0v) is 16.0. The molecule has 152 valence electrons. The van der Waals surface area contributed by atoms with Crippen LogP contribution in [0, 0.1) is 10.1 Å². The summed E-state index contributed by atoms with van der Waals surface area (Å²) in [7, 11) is 2.03. The van der Waals surface area contributed by atoms with Crippen LogP contribution in [0.15, 0.2) is 48.5 Å². The maximum absolute atomic E-state index is 12.5. The Kier molecular flexibility index (Phi) is 6.40. The smallest absolute Gasteiger partial charge is 0.269 e. The molecule has 1 N–H and O–H groups in total. The van der Waals surface area contributed by atoms with E-state index in [2.05, 4.69) is 10.2 Å². The van der Waals surface area contributed by atoms with Gasteiger partial charge in [0.1, 0.15) is 5.75 Å². The molecule has 9 nitrogen and oxygen atoms in total. The van der Waals surface area contributed by atoms with Crippen molar-refractivity contribution >= 4 is 23.2 Å². The normalized spacial score (nSPS) is 14.3. The molecule has 0 saturated carbocycles. The van der Waals surface area contributed by atoms with Crippen LogP contribution in [0.5, 0.6) is 5.75 Å². The number of nitrogens with one attached hydrogen (secondary N) is 1. The lowest BCUT2D eigenvalue weighted by Crippen LogP contribution is -2.47. The topological polar surface area (TPSA) is 105 Å². The number of carbonyl (C=O) groups is 2. The van der Waals surface area contributed by atoms with Gasteiger partial charge < -0.3 is 19.9 Å². The lowest BCUT2D eigenvalue weighted by Gasteiger charge is -2.32. The predicted molar refractivity (Wildman–Crippen MR) is 107 cm³/mol. The number of nitro groups is 1. The highest BCUT2D eigenvalue weighted by Crippen LogP contribution is 2.17. The van der Waals surface area contributed by atoms with E-state index < -0.39 is 4.92 Å². The van der Waals surface area contributed by atoms with E-state index in [-0.39, 0.29) is 24.1 Å². The average molecular weight is 398 g/mol. The first kappa shape index (κ1) is 20.3. The van der Waals surface area contributed by atoms with Crippen LogP contribution < -0.4 is 10.1 Å². The SMILES string of the molecule is CN1CCN(C(=O)c2ccc(NC(=O)COc3ccc([N+](=O)[O-])cc3)cc2)CC1. The highest BCUT2D eigenvalue weighted by molar-refractivity contribution is 5.96. The fourth-order valence-electron chi connectivity index (χ4n) is 2.90. The van der Waals surface area contributed by atoms with Crippen molar-refractivity contribution in [3.63, 3.8) is 0 Å². The largest absolute Gasteiger partial charge is 0.484 e. The second kappa shape index (κ2) is 9.16. The van der Waals surface area contributed by atoms with E-state index in [1.165, 1.54) is 24.3 Å². The molecule has 1 aliphatic rings. The number of hydrogen-bond acceptors (Lipinski definition) is 6. The lowest BCUT2D eigenvalue weighted by atomic mass is 10.1. The molecule has 3 rings (SSSR count). The Balaban J connectivity index is 1.49. The first-order valence-corrected chi connectivity index (χ1v) is 9.17. The number of rotatable bonds is 6. The number of hydrogen-bond donors (Lipinski definition) is 1. The molecule has 0 aromatic heterocycles. The fourth-order valence-corrected chi connectivity index (χ4v) is 2.90. The van der Waals surface area contributed by atoms with E-state index in [0.29, 0.717) is 30.1 Å². The van der Waals surface area contributed by atoms with Crippen LogP contribution in [0.25, 0.3) is 0 Å². The number of benzene rings is 2. The van der Waals surface area contributed by atoms with E-state index in [4.69, 9.17) is 4.74 Å². The third-order valence-electron chi connectivity index (χ3n) is 4.62. The maximum Gasteiger partial charge on any atom is 0.269 e. The van der Waals surface area contributed by atoms with Crippen molar-refractivity contribution in [2.24, 2.45) is 0 Å². The molecule has 2 aromatic carbocycles. The molecule has 9 heteroatoms. The Morgan fingerprint density at radius 2 is 1.66 bits per heavy atom. The molecule has 29 heavy (non-hydrogen) atoms. The van der Waals surface area contributed by atoms with Crippen molar-refractivity contribution in [2.45, 2.75) is 0 Å².